The van der Waals surface area contributed by atoms with Crippen molar-refractivity contribution in [2.45, 2.75) is 49.9 Å². The summed E-state index contributed by atoms with van der Waals surface area (Å²) in [5.41, 5.74) is 11.5. The molecular formula is C29H34N8O10S2. The van der Waals surface area contributed by atoms with Gasteiger partial charge in [-0.25, -0.2) is 22.8 Å². The van der Waals surface area contributed by atoms with Gasteiger partial charge in [-0.3, -0.25) is 14.9 Å². The number of benzene rings is 1. The maximum absolute atomic E-state index is 13.2. The number of amides is 2. The second-order valence-corrected chi connectivity index (χ2v) is 13.9. The third-order valence-electron chi connectivity index (χ3n) is 7.88. The second-order valence-electron chi connectivity index (χ2n) is 12.1. The number of β-lactam (4-membered cyclic amide) rings is 1. The van der Waals surface area contributed by atoms with Crippen LogP contribution in [0.1, 0.15) is 32.4 Å². The molecule has 1 aliphatic carbocycles. The zero-order valence-corrected chi connectivity index (χ0v) is 28.1. The average Bonchev–Trinajstić information content (AvgIpc) is 3.62. The fourth-order valence-electron chi connectivity index (χ4n) is 4.76. The van der Waals surface area contributed by atoms with Crippen molar-refractivity contribution < 1.29 is 50.9 Å². The number of carbonyl (C=O) groups excluding carboxylic acids is 2. The highest BCUT2D eigenvalue weighted by Gasteiger charge is 2.57. The van der Waals surface area contributed by atoms with Crippen molar-refractivity contribution in [1.82, 2.24) is 15.4 Å². The van der Waals surface area contributed by atoms with Crippen LogP contribution in [-0.2, 0) is 41.0 Å². The number of oxime groups is 1. The van der Waals surface area contributed by atoms with E-state index in [4.69, 9.17) is 21.0 Å². The van der Waals surface area contributed by atoms with Crippen molar-refractivity contribution in [3.63, 3.8) is 0 Å². The van der Waals surface area contributed by atoms with Crippen LogP contribution in [-0.4, -0.2) is 88.0 Å². The molecule has 2 atom stereocenters. The number of thiazole rings is 1. The highest BCUT2D eigenvalue weighted by Crippen LogP contribution is 2.33. The highest BCUT2D eigenvalue weighted by molar-refractivity contribution is 7.80. The number of aryl methyl sites for hydroxylation is 1. The fraction of sp³-hybridized carbons (Fsp3) is 0.379. The van der Waals surface area contributed by atoms with Crippen LogP contribution in [0.15, 0.2) is 53.1 Å². The Hall–Kier alpha value is -4.89. The predicted molar refractivity (Wildman–Crippen MR) is 172 cm³/mol. The van der Waals surface area contributed by atoms with Crippen molar-refractivity contribution >= 4 is 56.2 Å². The smallest absolute Gasteiger partial charge is 0.351 e. The van der Waals surface area contributed by atoms with Crippen LogP contribution in [0.2, 0.25) is 0 Å². The summed E-state index contributed by atoms with van der Waals surface area (Å²) in [6.07, 6.45) is 2.29. The number of carboxylic acids is 1. The summed E-state index contributed by atoms with van der Waals surface area (Å²) in [5, 5.41) is 20.9. The number of carboxylic acid groups (broad SMARTS) is 1. The zero-order chi connectivity index (χ0) is 35.7. The van der Waals surface area contributed by atoms with E-state index in [1.807, 2.05) is 42.1 Å². The van der Waals surface area contributed by atoms with Gasteiger partial charge in [0.2, 0.25) is 10.4 Å². The molecule has 1 saturated heterocycles. The van der Waals surface area contributed by atoms with Gasteiger partial charge < -0.3 is 36.0 Å². The Bertz CT molecular complexity index is 1890. The highest BCUT2D eigenvalue weighted by atomic mass is 32.3. The number of nitrogen functional groups attached to an aromatic ring is 1. The Labute approximate surface area is 284 Å². The predicted octanol–water partition coefficient (Wildman–Crippen LogP) is -0.130. The number of hydroxylamine groups is 2. The zero-order valence-electron chi connectivity index (χ0n) is 26.5. The molecule has 262 valence electrons. The van der Waals surface area contributed by atoms with Gasteiger partial charge in [-0.15, -0.1) is 11.3 Å². The van der Waals surface area contributed by atoms with E-state index in [1.54, 1.807) is 12.1 Å². The molecular weight excluding hydrogens is 684 g/mol. The topological polar surface area (TPSA) is 265 Å². The molecule has 2 fully saturated rings. The number of nitrogens with zero attached hydrogens (tertiary/aromatic N) is 4. The monoisotopic (exact) mass is 718 g/mol. The van der Waals surface area contributed by atoms with Crippen LogP contribution in [0.25, 0.3) is 11.1 Å². The van der Waals surface area contributed by atoms with E-state index in [-0.39, 0.29) is 16.4 Å². The number of hydrogen-bond donors (Lipinski definition) is 5. The van der Waals surface area contributed by atoms with Crippen LogP contribution in [0.5, 0.6) is 5.75 Å². The third kappa shape index (κ3) is 8.40. The van der Waals surface area contributed by atoms with Crippen LogP contribution < -0.4 is 31.4 Å². The van der Waals surface area contributed by atoms with Crippen LogP contribution in [0.3, 0.4) is 0 Å². The average molecular weight is 719 g/mol. The van der Waals surface area contributed by atoms with E-state index in [1.165, 1.54) is 19.2 Å². The third-order valence-corrected chi connectivity index (χ3v) is 8.89. The Kier molecular flexibility index (Phi) is 9.79. The normalized spacial score (nSPS) is 18.6. The Morgan fingerprint density at radius 3 is 2.45 bits per heavy atom. The summed E-state index contributed by atoms with van der Waals surface area (Å²) < 4.78 is 44.8. The lowest BCUT2D eigenvalue weighted by molar-refractivity contribution is -0.656. The molecule has 2 amide bonds. The van der Waals surface area contributed by atoms with Gasteiger partial charge in [0.1, 0.15) is 30.6 Å². The van der Waals surface area contributed by atoms with Crippen LogP contribution in [0, 0.1) is 0 Å². The van der Waals surface area contributed by atoms with Gasteiger partial charge in [0.25, 0.3) is 23.7 Å². The maximum Gasteiger partial charge on any atom is 0.351 e. The van der Waals surface area contributed by atoms with Gasteiger partial charge in [-0.2, -0.15) is 9.35 Å². The molecule has 1 unspecified atom stereocenters. The lowest BCUT2D eigenvalue weighted by Gasteiger charge is -2.51. The van der Waals surface area contributed by atoms with Crippen LogP contribution in [0.4, 0.5) is 10.9 Å². The van der Waals surface area contributed by atoms with Crippen molar-refractivity contribution in [3.05, 3.63) is 53.7 Å². The minimum Gasteiger partial charge on any atom is -0.724 e. The first-order valence-electron chi connectivity index (χ1n) is 14.7. The molecule has 49 heavy (non-hydrogen) atoms. The van der Waals surface area contributed by atoms with E-state index in [2.05, 4.69) is 25.1 Å². The first kappa shape index (κ1) is 35.4. The van der Waals surface area contributed by atoms with Gasteiger partial charge in [0.15, 0.2) is 10.8 Å². The van der Waals surface area contributed by atoms with E-state index in [9.17, 15) is 32.5 Å². The van der Waals surface area contributed by atoms with Gasteiger partial charge in [0, 0.05) is 17.0 Å². The summed E-state index contributed by atoms with van der Waals surface area (Å²) in [6.45, 7) is 2.86. The van der Waals surface area contributed by atoms with E-state index in [0.717, 1.165) is 41.1 Å². The summed E-state index contributed by atoms with van der Waals surface area (Å²) in [4.78, 5) is 46.9. The van der Waals surface area contributed by atoms with E-state index >= 15 is 0 Å². The Morgan fingerprint density at radius 2 is 1.90 bits per heavy atom. The van der Waals surface area contributed by atoms with E-state index < -0.39 is 58.2 Å². The lowest BCUT2D eigenvalue weighted by Crippen LogP contribution is -2.76. The standard InChI is InChI=1S/C29H34N8O10S2/c1-28(2)23(25(39)37(28)47-49(42,43)44)34-24(38)22(19-14-48-27(30)33-19)35-46-20(26(40)41)13-45-18-7-4-16(5-8-18)17-6-9-21(36(3)12-17)32-15-29(31)10-11-29/h4-9,12,14,20,23H,10-11,13,15,31H2,1-3H3,(H5,30,33,34,38,40,41,42,43,44)/b35-22-/t20-,23?/m0/s1. The summed E-state index contributed by atoms with van der Waals surface area (Å²) in [7, 11) is -3.34. The molecule has 20 heteroatoms. The van der Waals surface area contributed by atoms with Crippen LogP contribution >= 0.6 is 11.3 Å². The number of pyridine rings is 1. The minimum atomic E-state index is -5.27. The molecule has 1 aromatic carbocycles. The van der Waals surface area contributed by atoms with Crippen molar-refractivity contribution in [1.29, 1.82) is 0 Å². The number of carbonyl (C=O) groups is 3. The van der Waals surface area contributed by atoms with E-state index in [0.29, 0.717) is 17.4 Å². The number of nitrogens with two attached hydrogens (primary N) is 2. The summed E-state index contributed by atoms with van der Waals surface area (Å²) in [6, 6.07) is 9.51. The number of ether oxygens (including phenoxy) is 1. The SMILES string of the molecule is C[n+]1cc(-c2ccc(OC[C@H](O/N=C(\C(=O)NC3C(=O)N(OS(=O)(=O)[O-])C3(C)C)c3csc(N)n3)C(=O)O)cc2)ccc1NCC1(N)CC1. The Morgan fingerprint density at radius 1 is 1.22 bits per heavy atom. The molecule has 1 aliphatic heterocycles. The molecule has 3 heterocycles. The second kappa shape index (κ2) is 13.6. The molecule has 0 spiro atoms. The quantitative estimate of drug-likeness (QED) is 0.0342. The largest absolute Gasteiger partial charge is 0.724 e. The molecule has 0 bridgehead atoms. The molecule has 7 N–H and O–H groups in total. The maximum atomic E-state index is 13.2. The first-order chi connectivity index (χ1) is 23.0. The summed E-state index contributed by atoms with van der Waals surface area (Å²) >= 11 is 0.954. The molecule has 2 aliphatic rings. The van der Waals surface area contributed by atoms with Gasteiger partial charge in [0.05, 0.1) is 24.3 Å². The number of aliphatic carboxylic acids is 1. The molecule has 1 saturated carbocycles. The molecule has 3 aromatic rings. The number of aromatic nitrogens is 2. The Balaban J connectivity index is 1.23. The molecule has 0 radical (unpaired) electrons. The summed E-state index contributed by atoms with van der Waals surface area (Å²) in [5.74, 6) is -2.26. The fourth-order valence-corrected chi connectivity index (χ4v) is 5.76. The number of nitrogens with one attached hydrogen (secondary N) is 2. The molecule has 2 aromatic heterocycles. The molecule has 5 rings (SSSR count). The minimum absolute atomic E-state index is 0.0526. The number of rotatable bonds is 15. The van der Waals surface area contributed by atoms with Crippen molar-refractivity contribution in [3.8, 4) is 16.9 Å². The first-order valence-corrected chi connectivity index (χ1v) is 16.9. The number of anilines is 2. The van der Waals surface area contributed by atoms with Gasteiger partial charge >= 0.3 is 5.97 Å². The van der Waals surface area contributed by atoms with Gasteiger partial charge in [-0.05, 0) is 50.5 Å². The number of hydrogen-bond acceptors (Lipinski definition) is 15. The lowest BCUT2D eigenvalue weighted by atomic mass is 9.84. The molecule has 18 nitrogen and oxygen atoms in total. The van der Waals surface area contributed by atoms with Gasteiger partial charge in [-0.1, -0.05) is 17.3 Å². The van der Waals surface area contributed by atoms with Crippen molar-refractivity contribution in [2.75, 3.05) is 24.2 Å². The van der Waals surface area contributed by atoms with Crippen molar-refractivity contribution in [2.24, 2.45) is 17.9 Å².